The molecule has 0 bridgehead atoms. The first-order valence-electron chi connectivity index (χ1n) is 14.2. The van der Waals surface area contributed by atoms with Crippen LogP contribution in [0.4, 0.5) is 15.8 Å². The maximum atomic E-state index is 14.1. The average Bonchev–Trinajstić information content (AvgIpc) is 3.00. The monoisotopic (exact) mass is 594 g/mol. The van der Waals surface area contributed by atoms with Crippen LogP contribution < -0.4 is 20.1 Å². The van der Waals surface area contributed by atoms with Crippen LogP contribution in [0, 0.1) is 12.7 Å². The molecule has 0 amide bonds. The Morgan fingerprint density at radius 3 is 2.34 bits per heavy atom. The standard InChI is InChI=1S/C36H35FN2O5/c1-21-10-11-25(37)17-31(21)38-20-29-27(14-15-30-33(29)22(2)19-36(3,4)39-30)28-13-12-26(18-32(28)42-5)44-35(41)24-9-7-8-23(16-24)34(40)43-6/h7-19,38-39H,20H2,1-6H3. The van der Waals surface area contributed by atoms with Crippen LogP contribution in [0.25, 0.3) is 16.7 Å². The van der Waals surface area contributed by atoms with Crippen LogP contribution in [-0.2, 0) is 11.3 Å². The van der Waals surface area contributed by atoms with Gasteiger partial charge in [-0.25, -0.2) is 14.0 Å². The lowest BCUT2D eigenvalue weighted by molar-refractivity contribution is 0.0600. The van der Waals surface area contributed by atoms with Gasteiger partial charge in [0.2, 0.25) is 0 Å². The van der Waals surface area contributed by atoms with Crippen molar-refractivity contribution >= 4 is 28.9 Å². The summed E-state index contributed by atoms with van der Waals surface area (Å²) in [6, 6.07) is 20.2. The van der Waals surface area contributed by atoms with Crippen LogP contribution in [0.2, 0.25) is 0 Å². The minimum atomic E-state index is -0.621. The van der Waals surface area contributed by atoms with Crippen molar-refractivity contribution in [3.8, 4) is 22.6 Å². The van der Waals surface area contributed by atoms with E-state index in [9.17, 15) is 14.0 Å². The SMILES string of the molecule is COC(=O)c1cccc(C(=O)Oc2ccc(-c3ccc4c(c3CNc3cc(F)ccc3C)C(C)=CC(C)(C)N4)c(OC)c2)c1. The Bertz CT molecular complexity index is 1790. The molecule has 0 fully saturated rings. The highest BCUT2D eigenvalue weighted by Crippen LogP contribution is 2.43. The second-order valence-corrected chi connectivity index (χ2v) is 11.3. The van der Waals surface area contributed by atoms with E-state index < -0.39 is 11.9 Å². The van der Waals surface area contributed by atoms with Crippen LogP contribution in [0.5, 0.6) is 11.5 Å². The summed E-state index contributed by atoms with van der Waals surface area (Å²) in [5, 5.41) is 7.06. The van der Waals surface area contributed by atoms with E-state index in [-0.39, 0.29) is 28.2 Å². The Hall–Kier alpha value is -5.11. The molecule has 4 aromatic rings. The first-order chi connectivity index (χ1) is 21.0. The van der Waals surface area contributed by atoms with Gasteiger partial charge in [0, 0.05) is 35.1 Å². The Balaban J connectivity index is 1.53. The fraction of sp³-hybridized carbons (Fsp3) is 0.222. The second kappa shape index (κ2) is 12.2. The van der Waals surface area contributed by atoms with Gasteiger partial charge in [-0.05, 0) is 98.5 Å². The van der Waals surface area contributed by atoms with Gasteiger partial charge in [0.1, 0.15) is 17.3 Å². The summed E-state index contributed by atoms with van der Waals surface area (Å²) >= 11 is 0. The number of ether oxygens (including phenoxy) is 3. The number of carbonyl (C=O) groups excluding carboxylic acids is 2. The van der Waals surface area contributed by atoms with Gasteiger partial charge in [-0.1, -0.05) is 24.3 Å². The molecule has 0 spiro atoms. The predicted molar refractivity (Wildman–Crippen MR) is 171 cm³/mol. The van der Waals surface area contributed by atoms with Crippen molar-refractivity contribution < 1.29 is 28.2 Å². The zero-order chi connectivity index (χ0) is 31.6. The molecular weight excluding hydrogens is 559 g/mol. The fourth-order valence-corrected chi connectivity index (χ4v) is 5.62. The smallest absolute Gasteiger partial charge is 0.343 e. The quantitative estimate of drug-likeness (QED) is 0.158. The highest BCUT2D eigenvalue weighted by Gasteiger charge is 2.27. The second-order valence-electron chi connectivity index (χ2n) is 11.3. The zero-order valence-corrected chi connectivity index (χ0v) is 25.6. The number of rotatable bonds is 8. The molecule has 5 rings (SSSR count). The Labute approximate surface area is 256 Å². The normalized spacial score (nSPS) is 13.2. The first-order valence-corrected chi connectivity index (χ1v) is 14.2. The van der Waals surface area contributed by atoms with Gasteiger partial charge in [0.25, 0.3) is 0 Å². The van der Waals surface area contributed by atoms with Gasteiger partial charge >= 0.3 is 11.9 Å². The molecule has 0 aliphatic carbocycles. The van der Waals surface area contributed by atoms with Crippen molar-refractivity contribution in [2.75, 3.05) is 24.9 Å². The van der Waals surface area contributed by atoms with Crippen LogP contribution in [0.3, 0.4) is 0 Å². The number of hydrogen-bond acceptors (Lipinski definition) is 7. The highest BCUT2D eigenvalue weighted by atomic mass is 19.1. The molecule has 0 radical (unpaired) electrons. The Morgan fingerprint density at radius 1 is 0.886 bits per heavy atom. The highest BCUT2D eigenvalue weighted by molar-refractivity contribution is 5.96. The lowest BCUT2D eigenvalue weighted by Crippen LogP contribution is -2.32. The van der Waals surface area contributed by atoms with E-state index in [1.54, 1.807) is 43.5 Å². The molecule has 1 aliphatic heterocycles. The van der Waals surface area contributed by atoms with Crippen molar-refractivity contribution in [1.29, 1.82) is 0 Å². The fourth-order valence-electron chi connectivity index (χ4n) is 5.62. The lowest BCUT2D eigenvalue weighted by atomic mass is 9.85. The van der Waals surface area contributed by atoms with Crippen molar-refractivity contribution in [1.82, 2.24) is 0 Å². The number of halogens is 1. The number of fused-ring (bicyclic) bond motifs is 1. The number of allylic oxidation sites excluding steroid dienone is 1. The Morgan fingerprint density at radius 2 is 1.61 bits per heavy atom. The van der Waals surface area contributed by atoms with E-state index in [1.807, 2.05) is 19.1 Å². The molecule has 1 heterocycles. The van der Waals surface area contributed by atoms with Crippen molar-refractivity contribution in [2.45, 2.75) is 39.8 Å². The third-order valence-electron chi connectivity index (χ3n) is 7.59. The zero-order valence-electron chi connectivity index (χ0n) is 25.6. The molecule has 0 aromatic heterocycles. The van der Waals surface area contributed by atoms with Gasteiger partial charge in [0.15, 0.2) is 0 Å². The van der Waals surface area contributed by atoms with E-state index in [1.165, 1.54) is 25.3 Å². The maximum absolute atomic E-state index is 14.1. The van der Waals surface area contributed by atoms with Gasteiger partial charge < -0.3 is 24.8 Å². The molecule has 1 aliphatic rings. The summed E-state index contributed by atoms with van der Waals surface area (Å²) in [6.07, 6.45) is 2.20. The van der Waals surface area contributed by atoms with Gasteiger partial charge in [-0.3, -0.25) is 0 Å². The van der Waals surface area contributed by atoms with Gasteiger partial charge in [0.05, 0.1) is 30.9 Å². The number of carbonyl (C=O) groups is 2. The summed E-state index contributed by atoms with van der Waals surface area (Å²) in [7, 11) is 2.84. The minimum absolute atomic E-state index is 0.212. The lowest BCUT2D eigenvalue weighted by Gasteiger charge is -2.33. The van der Waals surface area contributed by atoms with E-state index in [2.05, 4.69) is 43.5 Å². The average molecular weight is 595 g/mol. The molecule has 0 saturated heterocycles. The number of esters is 2. The summed E-state index contributed by atoms with van der Waals surface area (Å²) < 4.78 is 30.3. The largest absolute Gasteiger partial charge is 0.496 e. The third-order valence-corrected chi connectivity index (χ3v) is 7.59. The summed E-state index contributed by atoms with van der Waals surface area (Å²) in [5.74, 6) is -0.683. The first kappa shape index (κ1) is 30.4. The number of benzene rings is 4. The molecule has 4 aromatic carbocycles. The van der Waals surface area contributed by atoms with Crippen molar-refractivity contribution in [2.24, 2.45) is 0 Å². The number of aryl methyl sites for hydroxylation is 1. The molecule has 8 heteroatoms. The van der Waals surface area contributed by atoms with E-state index >= 15 is 0 Å². The van der Waals surface area contributed by atoms with Crippen molar-refractivity contribution in [3.05, 3.63) is 113 Å². The number of hydrogen-bond donors (Lipinski definition) is 2. The molecular formula is C36H35FN2O5. The molecule has 226 valence electrons. The summed E-state index contributed by atoms with van der Waals surface area (Å²) in [5.41, 5.74) is 7.80. The summed E-state index contributed by atoms with van der Waals surface area (Å²) in [4.78, 5) is 24.9. The van der Waals surface area contributed by atoms with Crippen molar-refractivity contribution in [3.63, 3.8) is 0 Å². The number of anilines is 2. The molecule has 0 atom stereocenters. The minimum Gasteiger partial charge on any atom is -0.496 e. The molecule has 44 heavy (non-hydrogen) atoms. The van der Waals surface area contributed by atoms with Gasteiger partial charge in [-0.15, -0.1) is 0 Å². The van der Waals surface area contributed by atoms with E-state index in [0.29, 0.717) is 18.0 Å². The molecule has 2 N–H and O–H groups in total. The topological polar surface area (TPSA) is 85.9 Å². The molecule has 7 nitrogen and oxygen atoms in total. The van der Waals surface area contributed by atoms with Crippen LogP contribution in [0.15, 0.2) is 78.9 Å². The van der Waals surface area contributed by atoms with Crippen LogP contribution in [-0.4, -0.2) is 31.7 Å². The number of methoxy groups -OCH3 is 2. The van der Waals surface area contributed by atoms with E-state index in [0.717, 1.165) is 39.1 Å². The number of nitrogens with one attached hydrogen (secondary N) is 2. The van der Waals surface area contributed by atoms with Gasteiger partial charge in [-0.2, -0.15) is 0 Å². The van der Waals surface area contributed by atoms with E-state index in [4.69, 9.17) is 14.2 Å². The molecule has 0 saturated carbocycles. The molecule has 0 unspecified atom stereocenters. The van der Waals surface area contributed by atoms with Crippen LogP contribution in [0.1, 0.15) is 58.2 Å². The van der Waals surface area contributed by atoms with Crippen LogP contribution >= 0.6 is 0 Å². The maximum Gasteiger partial charge on any atom is 0.343 e. The Kier molecular flexibility index (Phi) is 8.45. The predicted octanol–water partition coefficient (Wildman–Crippen LogP) is 8.04. The summed E-state index contributed by atoms with van der Waals surface area (Å²) in [6.45, 7) is 8.70. The third kappa shape index (κ3) is 6.29.